The Hall–Kier alpha value is -3.13. The van der Waals surface area contributed by atoms with Crippen molar-refractivity contribution in [3.8, 4) is 11.3 Å². The van der Waals surface area contributed by atoms with Crippen LogP contribution >= 0.6 is 0 Å². The lowest BCUT2D eigenvalue weighted by Gasteiger charge is -2.42. The lowest BCUT2D eigenvalue weighted by Crippen LogP contribution is -2.34. The number of pyridine rings is 1. The van der Waals surface area contributed by atoms with Crippen molar-refractivity contribution in [2.75, 3.05) is 0 Å². The summed E-state index contributed by atoms with van der Waals surface area (Å²) in [5, 5.41) is 4.39. The smallest absolute Gasteiger partial charge is 0.216 e. The Morgan fingerprint density at radius 3 is 2.44 bits per heavy atom. The average molecular weight is 484 g/mol. The van der Waals surface area contributed by atoms with Crippen LogP contribution in [0.4, 0.5) is 0 Å². The molecule has 1 aliphatic carbocycles. The Labute approximate surface area is 224 Å². The number of fused-ring (bicyclic) bond motifs is 6. The van der Waals surface area contributed by atoms with Crippen LogP contribution in [0.3, 0.4) is 0 Å². The van der Waals surface area contributed by atoms with Gasteiger partial charge in [0.25, 0.3) is 0 Å². The quantitative estimate of drug-likeness (QED) is 0.229. The van der Waals surface area contributed by atoms with Crippen molar-refractivity contribution in [3.05, 3.63) is 77.0 Å². The molecule has 0 spiro atoms. The van der Waals surface area contributed by atoms with Gasteiger partial charge in [0.1, 0.15) is 18.2 Å². The number of rotatable bonds is 2. The summed E-state index contributed by atoms with van der Waals surface area (Å²) < 4.78 is 64.4. The van der Waals surface area contributed by atoms with Gasteiger partial charge in [-0.25, -0.2) is 4.57 Å². The maximum absolute atomic E-state index is 8.62. The topological polar surface area (TPSA) is 17.0 Å². The molecular weight excluding hydrogens is 438 g/mol. The van der Waals surface area contributed by atoms with Crippen LogP contribution in [0.2, 0.25) is 0 Å². The summed E-state index contributed by atoms with van der Waals surface area (Å²) in [5.74, 6) is -2.77. The van der Waals surface area contributed by atoms with E-state index in [0.29, 0.717) is 5.58 Å². The Morgan fingerprint density at radius 2 is 1.69 bits per heavy atom. The molecule has 0 saturated heterocycles. The number of furan rings is 1. The fourth-order valence-electron chi connectivity index (χ4n) is 6.27. The predicted molar refractivity (Wildman–Crippen MR) is 152 cm³/mol. The Bertz CT molecular complexity index is 1930. The summed E-state index contributed by atoms with van der Waals surface area (Å²) in [7, 11) is 1.74. The lowest BCUT2D eigenvalue weighted by molar-refractivity contribution is -0.660. The summed E-state index contributed by atoms with van der Waals surface area (Å²) >= 11 is 0. The molecule has 0 saturated carbocycles. The minimum Gasteiger partial charge on any atom is -0.455 e. The molecule has 184 valence electrons. The molecule has 2 aromatic heterocycles. The zero-order valence-corrected chi connectivity index (χ0v) is 22.0. The van der Waals surface area contributed by atoms with Gasteiger partial charge < -0.3 is 4.42 Å². The van der Waals surface area contributed by atoms with Crippen LogP contribution in [0.1, 0.15) is 92.0 Å². The minimum absolute atomic E-state index is 0.0395. The van der Waals surface area contributed by atoms with Crippen LogP contribution in [0, 0.1) is 6.92 Å². The van der Waals surface area contributed by atoms with E-state index in [1.165, 1.54) is 34.2 Å². The van der Waals surface area contributed by atoms with Crippen LogP contribution in [0.5, 0.6) is 0 Å². The van der Waals surface area contributed by atoms with E-state index >= 15 is 0 Å². The number of hydrogen-bond acceptors (Lipinski definition) is 1. The summed E-state index contributed by atoms with van der Waals surface area (Å²) in [6.45, 7) is 5.21. The van der Waals surface area contributed by atoms with Crippen molar-refractivity contribution in [2.45, 2.75) is 77.9 Å². The zero-order chi connectivity index (χ0) is 31.5. The number of aryl methyl sites for hydroxylation is 2. The van der Waals surface area contributed by atoms with Crippen molar-refractivity contribution >= 4 is 32.7 Å². The van der Waals surface area contributed by atoms with Crippen molar-refractivity contribution in [2.24, 2.45) is 7.05 Å². The van der Waals surface area contributed by atoms with E-state index in [1.807, 2.05) is 13.0 Å². The van der Waals surface area contributed by atoms with Gasteiger partial charge in [-0.1, -0.05) is 65.7 Å². The number of hydrogen-bond donors (Lipinski definition) is 0. The van der Waals surface area contributed by atoms with E-state index in [-0.39, 0.29) is 16.4 Å². The highest BCUT2D eigenvalue weighted by Gasteiger charge is 2.38. The first-order valence-corrected chi connectivity index (χ1v) is 12.7. The first-order chi connectivity index (χ1) is 19.8. The van der Waals surface area contributed by atoms with E-state index in [4.69, 9.17) is 14.0 Å². The molecule has 0 unspecified atom stereocenters. The summed E-state index contributed by atoms with van der Waals surface area (Å²) in [5.41, 5.74) is 6.89. The zero-order valence-electron chi connectivity index (χ0n) is 29.0. The third-order valence-corrected chi connectivity index (χ3v) is 8.45. The highest BCUT2D eigenvalue weighted by atomic mass is 16.3. The molecule has 0 N–H and O–H groups in total. The molecule has 2 heterocycles. The second-order valence-electron chi connectivity index (χ2n) is 11.9. The maximum Gasteiger partial charge on any atom is 0.216 e. The monoisotopic (exact) mass is 483 g/mol. The van der Waals surface area contributed by atoms with E-state index in [2.05, 4.69) is 58.0 Å². The lowest BCUT2D eigenvalue weighted by atomic mass is 9.62. The van der Waals surface area contributed by atoms with Crippen LogP contribution in [-0.2, 0) is 17.9 Å². The van der Waals surface area contributed by atoms with Gasteiger partial charge in [-0.3, -0.25) is 0 Å². The molecule has 0 atom stereocenters. The third kappa shape index (κ3) is 3.34. The highest BCUT2D eigenvalue weighted by molar-refractivity contribution is 6.13. The molecule has 5 aromatic rings. The largest absolute Gasteiger partial charge is 0.455 e. The molecule has 2 nitrogen and oxygen atoms in total. The molecule has 2 heteroatoms. The average Bonchev–Trinajstić information content (AvgIpc) is 3.25. The Balaban J connectivity index is 1.59. The van der Waals surface area contributed by atoms with Crippen molar-refractivity contribution < 1.29 is 18.6 Å². The molecule has 6 rings (SSSR count). The van der Waals surface area contributed by atoms with Gasteiger partial charge >= 0.3 is 0 Å². The first-order valence-electron chi connectivity index (χ1n) is 16.2. The maximum atomic E-state index is 8.62. The Kier molecular flexibility index (Phi) is 3.54. The first kappa shape index (κ1) is 16.6. The second kappa shape index (κ2) is 7.68. The van der Waals surface area contributed by atoms with Crippen molar-refractivity contribution in [3.63, 3.8) is 0 Å². The van der Waals surface area contributed by atoms with Gasteiger partial charge in [-0.2, -0.15) is 0 Å². The van der Waals surface area contributed by atoms with Crippen LogP contribution in [0.15, 0.2) is 59.1 Å². The van der Waals surface area contributed by atoms with Crippen molar-refractivity contribution in [1.29, 1.82) is 0 Å². The number of nitrogens with zero attached hydrogens (tertiary/aromatic N) is 1. The molecule has 0 amide bonds. The molecule has 0 bridgehead atoms. The summed E-state index contributed by atoms with van der Waals surface area (Å²) in [4.78, 5) is 0. The molecule has 36 heavy (non-hydrogen) atoms. The van der Waals surface area contributed by atoms with Gasteiger partial charge in [-0.15, -0.1) is 0 Å². The van der Waals surface area contributed by atoms with Gasteiger partial charge in [0.15, 0.2) is 6.20 Å². The Morgan fingerprint density at radius 1 is 0.917 bits per heavy atom. The number of aromatic nitrogens is 1. The summed E-state index contributed by atoms with van der Waals surface area (Å²) in [6.07, 6.45) is 3.71. The molecule has 1 aliphatic rings. The molecule has 3 aromatic carbocycles. The van der Waals surface area contributed by atoms with E-state index in [9.17, 15) is 0 Å². The van der Waals surface area contributed by atoms with E-state index in [1.54, 1.807) is 17.7 Å². The molecule has 0 aliphatic heterocycles. The molecule has 0 fully saturated rings. The fourth-order valence-corrected chi connectivity index (χ4v) is 6.27. The van der Waals surface area contributed by atoms with Crippen molar-refractivity contribution in [1.82, 2.24) is 0 Å². The standard InChI is InChI=1S/C34H38NO/c1-20(2)23-11-14-28(35(8)19-23)30-21(3)9-12-24-26-17-22-10-13-27-31(25(22)18-29(26)36-32(24)30)34(6,7)16-15-33(27,4)5/h9-14,17-20H,15-16H2,1-8H3/q+1/i1D3,2D3,20D. The minimum atomic E-state index is -3.05. The van der Waals surface area contributed by atoms with E-state index in [0.717, 1.165) is 46.0 Å². The van der Waals surface area contributed by atoms with Gasteiger partial charge in [0, 0.05) is 32.0 Å². The molecule has 0 radical (unpaired) electrons. The van der Waals surface area contributed by atoms with E-state index < -0.39 is 19.6 Å². The summed E-state index contributed by atoms with van der Waals surface area (Å²) in [6, 6.07) is 16.2. The van der Waals surface area contributed by atoms with Crippen LogP contribution in [0.25, 0.3) is 44.0 Å². The number of benzene rings is 3. The normalized spacial score (nSPS) is 20.7. The fraction of sp³-hybridized carbons (Fsp3) is 0.382. The van der Waals surface area contributed by atoms with Crippen LogP contribution < -0.4 is 4.57 Å². The predicted octanol–water partition coefficient (Wildman–Crippen LogP) is 9.01. The van der Waals surface area contributed by atoms with Gasteiger partial charge in [-0.05, 0) is 82.2 Å². The van der Waals surface area contributed by atoms with Gasteiger partial charge in [0.05, 0.1) is 5.56 Å². The molecular formula is C34H38NO+. The van der Waals surface area contributed by atoms with Gasteiger partial charge in [0.2, 0.25) is 5.69 Å². The SMILES string of the molecule is [2H]C([2H])([2H])C([2H])(c1ccc(-c2c(C)ccc3c2oc2cc4c5c(ccc4cc23)C(C)(C)CCC5(C)C)[n+](C)c1)C([2H])([2H])[2H]. The van der Waals surface area contributed by atoms with Crippen LogP contribution in [-0.4, -0.2) is 0 Å². The highest BCUT2D eigenvalue weighted by Crippen LogP contribution is 2.49. The second-order valence-corrected chi connectivity index (χ2v) is 11.9. The third-order valence-electron chi connectivity index (χ3n) is 8.45.